The van der Waals surface area contributed by atoms with Gasteiger partial charge in [0, 0.05) is 11.4 Å². The predicted molar refractivity (Wildman–Crippen MR) is 143 cm³/mol. The fourth-order valence-corrected chi connectivity index (χ4v) is 3.88. The van der Waals surface area contributed by atoms with E-state index in [2.05, 4.69) is 10.6 Å². The van der Waals surface area contributed by atoms with Gasteiger partial charge in [-0.15, -0.1) is 0 Å². The standard InChI is InChI=1S/C30H24N2O4/c33-29(19-35-27-14-12-21-6-1-3-8-23(21)16-27)31-25-10-5-11-26(18-25)32-30(34)20-36-28-15-13-22-7-2-4-9-24(22)17-28/h1-18H,19-20H2,(H,31,33)(H,32,34). The molecule has 6 nitrogen and oxygen atoms in total. The highest BCUT2D eigenvalue weighted by molar-refractivity contribution is 5.95. The summed E-state index contributed by atoms with van der Waals surface area (Å²) in [5, 5.41) is 9.89. The maximum Gasteiger partial charge on any atom is 0.262 e. The van der Waals surface area contributed by atoms with Crippen molar-refractivity contribution in [2.75, 3.05) is 23.8 Å². The third-order valence-corrected chi connectivity index (χ3v) is 5.61. The van der Waals surface area contributed by atoms with E-state index in [1.807, 2.05) is 84.9 Å². The number of hydrogen-bond acceptors (Lipinski definition) is 4. The molecule has 0 unspecified atom stereocenters. The Morgan fingerprint density at radius 1 is 0.500 bits per heavy atom. The van der Waals surface area contributed by atoms with Gasteiger partial charge in [-0.05, 0) is 64.0 Å². The number of hydrogen-bond donors (Lipinski definition) is 2. The van der Waals surface area contributed by atoms with Crippen LogP contribution in [0, 0.1) is 0 Å². The van der Waals surface area contributed by atoms with Crippen molar-refractivity contribution in [1.29, 1.82) is 0 Å². The molecule has 0 atom stereocenters. The smallest absolute Gasteiger partial charge is 0.262 e. The van der Waals surface area contributed by atoms with E-state index in [4.69, 9.17) is 9.47 Å². The second-order valence-electron chi connectivity index (χ2n) is 8.27. The SMILES string of the molecule is O=C(COc1ccc2ccccc2c1)Nc1cccc(NC(=O)COc2ccc3ccccc3c2)c1. The van der Waals surface area contributed by atoms with Gasteiger partial charge < -0.3 is 20.1 Å². The zero-order chi connectivity index (χ0) is 24.7. The van der Waals surface area contributed by atoms with Crippen molar-refractivity contribution in [3.63, 3.8) is 0 Å². The van der Waals surface area contributed by atoms with Crippen LogP contribution in [0.3, 0.4) is 0 Å². The third-order valence-electron chi connectivity index (χ3n) is 5.61. The Morgan fingerprint density at radius 3 is 1.42 bits per heavy atom. The number of rotatable bonds is 8. The van der Waals surface area contributed by atoms with E-state index in [0.29, 0.717) is 22.9 Å². The number of benzene rings is 5. The highest BCUT2D eigenvalue weighted by Crippen LogP contribution is 2.22. The minimum atomic E-state index is -0.300. The minimum absolute atomic E-state index is 0.130. The molecule has 0 aliphatic carbocycles. The van der Waals surface area contributed by atoms with Gasteiger partial charge in [-0.25, -0.2) is 0 Å². The van der Waals surface area contributed by atoms with Crippen molar-refractivity contribution < 1.29 is 19.1 Å². The third kappa shape index (κ3) is 5.80. The normalized spacial score (nSPS) is 10.7. The topological polar surface area (TPSA) is 76.7 Å². The molecule has 0 spiro atoms. The molecule has 5 rings (SSSR count). The molecule has 2 amide bonds. The summed E-state index contributed by atoms with van der Waals surface area (Å²) < 4.78 is 11.3. The molecule has 0 aliphatic rings. The molecule has 6 heteroatoms. The zero-order valence-electron chi connectivity index (χ0n) is 19.4. The molecular weight excluding hydrogens is 452 g/mol. The van der Waals surface area contributed by atoms with Crippen molar-refractivity contribution in [1.82, 2.24) is 0 Å². The van der Waals surface area contributed by atoms with Crippen molar-refractivity contribution in [3.8, 4) is 11.5 Å². The fraction of sp³-hybridized carbons (Fsp3) is 0.0667. The van der Waals surface area contributed by atoms with Crippen LogP contribution in [0.15, 0.2) is 109 Å². The average Bonchev–Trinajstić information content (AvgIpc) is 2.91. The van der Waals surface area contributed by atoms with Gasteiger partial charge in [-0.3, -0.25) is 9.59 Å². The quantitative estimate of drug-likeness (QED) is 0.287. The Kier molecular flexibility index (Phi) is 6.76. The van der Waals surface area contributed by atoms with Gasteiger partial charge in [0.25, 0.3) is 11.8 Å². The van der Waals surface area contributed by atoms with E-state index in [9.17, 15) is 9.59 Å². The van der Waals surface area contributed by atoms with E-state index in [-0.39, 0.29) is 25.0 Å². The van der Waals surface area contributed by atoms with Crippen molar-refractivity contribution in [3.05, 3.63) is 109 Å². The summed E-state index contributed by atoms with van der Waals surface area (Å²) in [7, 11) is 0. The Hall–Kier alpha value is -4.84. The van der Waals surface area contributed by atoms with E-state index >= 15 is 0 Å². The molecule has 5 aromatic carbocycles. The molecule has 0 radical (unpaired) electrons. The first-order chi connectivity index (χ1) is 17.6. The summed E-state index contributed by atoms with van der Waals surface area (Å²) in [5.41, 5.74) is 1.10. The molecule has 5 aromatic rings. The van der Waals surface area contributed by atoms with Crippen LogP contribution in [0.1, 0.15) is 0 Å². The lowest BCUT2D eigenvalue weighted by Gasteiger charge is -2.11. The highest BCUT2D eigenvalue weighted by Gasteiger charge is 2.08. The largest absolute Gasteiger partial charge is 0.484 e. The Balaban J connectivity index is 1.12. The van der Waals surface area contributed by atoms with Crippen LogP contribution >= 0.6 is 0 Å². The summed E-state index contributed by atoms with van der Waals surface area (Å²) >= 11 is 0. The predicted octanol–water partition coefficient (Wildman–Crippen LogP) is 6.03. The van der Waals surface area contributed by atoms with Crippen molar-refractivity contribution in [2.45, 2.75) is 0 Å². The summed E-state index contributed by atoms with van der Waals surface area (Å²) in [4.78, 5) is 24.8. The van der Waals surface area contributed by atoms with Gasteiger partial charge in [0.1, 0.15) is 11.5 Å². The minimum Gasteiger partial charge on any atom is -0.484 e. The van der Waals surface area contributed by atoms with Crippen molar-refractivity contribution in [2.24, 2.45) is 0 Å². The number of carbonyl (C=O) groups is 2. The average molecular weight is 477 g/mol. The van der Waals surface area contributed by atoms with E-state index in [1.54, 1.807) is 24.3 Å². The molecule has 36 heavy (non-hydrogen) atoms. The molecule has 0 heterocycles. The van der Waals surface area contributed by atoms with Crippen LogP contribution in [-0.4, -0.2) is 25.0 Å². The number of anilines is 2. The number of amides is 2. The molecule has 0 aromatic heterocycles. The molecular formula is C30H24N2O4. The van der Waals surface area contributed by atoms with Gasteiger partial charge in [0.05, 0.1) is 0 Å². The monoisotopic (exact) mass is 476 g/mol. The summed E-state index contributed by atoms with van der Waals surface area (Å²) in [6, 6.07) is 34.2. The molecule has 0 saturated heterocycles. The maximum absolute atomic E-state index is 12.4. The fourth-order valence-electron chi connectivity index (χ4n) is 3.88. The molecule has 2 N–H and O–H groups in total. The first-order valence-electron chi connectivity index (χ1n) is 11.6. The summed E-state index contributed by atoms with van der Waals surface area (Å²) in [5.74, 6) is 0.644. The number of ether oxygens (including phenoxy) is 2. The van der Waals surface area contributed by atoms with Gasteiger partial charge in [-0.2, -0.15) is 0 Å². The van der Waals surface area contributed by atoms with Crippen LogP contribution in [0.4, 0.5) is 11.4 Å². The first kappa shape index (κ1) is 22.9. The lowest BCUT2D eigenvalue weighted by molar-refractivity contribution is -0.118. The summed E-state index contributed by atoms with van der Waals surface area (Å²) in [6.45, 7) is -0.261. The molecule has 178 valence electrons. The van der Waals surface area contributed by atoms with Crippen LogP contribution in [-0.2, 0) is 9.59 Å². The summed E-state index contributed by atoms with van der Waals surface area (Å²) in [6.07, 6.45) is 0. The number of nitrogens with one attached hydrogen (secondary N) is 2. The van der Waals surface area contributed by atoms with Gasteiger partial charge in [-0.1, -0.05) is 66.7 Å². The molecule has 0 fully saturated rings. The van der Waals surface area contributed by atoms with Crippen molar-refractivity contribution >= 4 is 44.7 Å². The lowest BCUT2D eigenvalue weighted by atomic mass is 10.1. The highest BCUT2D eigenvalue weighted by atomic mass is 16.5. The van der Waals surface area contributed by atoms with Gasteiger partial charge in [0.15, 0.2) is 13.2 Å². The lowest BCUT2D eigenvalue weighted by Crippen LogP contribution is -2.21. The second kappa shape index (κ2) is 10.6. The molecule has 0 bridgehead atoms. The van der Waals surface area contributed by atoms with E-state index in [1.165, 1.54) is 0 Å². The second-order valence-corrected chi connectivity index (χ2v) is 8.27. The molecule has 0 aliphatic heterocycles. The molecule has 0 saturated carbocycles. The van der Waals surface area contributed by atoms with Crippen LogP contribution < -0.4 is 20.1 Å². The van der Waals surface area contributed by atoms with Gasteiger partial charge in [0.2, 0.25) is 0 Å². The van der Waals surface area contributed by atoms with Gasteiger partial charge >= 0.3 is 0 Å². The zero-order valence-corrected chi connectivity index (χ0v) is 19.4. The van der Waals surface area contributed by atoms with E-state index < -0.39 is 0 Å². The number of carbonyl (C=O) groups excluding carboxylic acids is 2. The van der Waals surface area contributed by atoms with Crippen LogP contribution in [0.25, 0.3) is 21.5 Å². The maximum atomic E-state index is 12.4. The van der Waals surface area contributed by atoms with Crippen LogP contribution in [0.2, 0.25) is 0 Å². The van der Waals surface area contributed by atoms with Crippen LogP contribution in [0.5, 0.6) is 11.5 Å². The Bertz CT molecular complexity index is 1430. The Labute approximate surface area is 208 Å². The Morgan fingerprint density at radius 2 is 0.944 bits per heavy atom. The number of fused-ring (bicyclic) bond motifs is 2. The first-order valence-corrected chi connectivity index (χ1v) is 11.6. The van der Waals surface area contributed by atoms with E-state index in [0.717, 1.165) is 21.5 Å².